The van der Waals surface area contributed by atoms with Crippen LogP contribution in [0.3, 0.4) is 0 Å². The fourth-order valence-corrected chi connectivity index (χ4v) is 8.22. The van der Waals surface area contributed by atoms with Gasteiger partial charge in [0.15, 0.2) is 0 Å². The molecule has 0 saturated carbocycles. The normalized spacial score (nSPS) is 11.5. The van der Waals surface area contributed by atoms with Crippen molar-refractivity contribution < 1.29 is 0 Å². The van der Waals surface area contributed by atoms with Gasteiger partial charge in [-0.2, -0.15) is 0 Å². The van der Waals surface area contributed by atoms with E-state index in [1.54, 1.807) is 0 Å². The maximum absolute atomic E-state index is 2.40. The molecule has 0 aliphatic rings. The number of nitrogens with zero attached hydrogens (tertiary/aromatic N) is 1. The Kier molecular flexibility index (Phi) is 6.89. The highest BCUT2D eigenvalue weighted by atomic mass is 15.0. The third kappa shape index (κ3) is 4.70. The van der Waals surface area contributed by atoms with Crippen molar-refractivity contribution in [2.24, 2.45) is 0 Å². The molecule has 0 N–H and O–H groups in total. The molecule has 0 unspecified atom stereocenters. The van der Waals surface area contributed by atoms with E-state index in [1.165, 1.54) is 93.5 Å². The summed E-state index contributed by atoms with van der Waals surface area (Å²) in [5, 5.41) is 7.55. The summed E-state index contributed by atoms with van der Waals surface area (Å²) < 4.78 is 2.40. The third-order valence-corrected chi connectivity index (χ3v) is 10.4. The SMILES string of the molecule is c1ccc(-c2ccc(-c3c4ccccc4c(-c4ccccc4-c4cccc5c4c4ccccc4n5-c4ccccc4)c4ccccc34)cc2)cc1. The molecule has 238 valence electrons. The number of rotatable bonds is 5. The smallest absolute Gasteiger partial charge is 0.0547 e. The van der Waals surface area contributed by atoms with Crippen molar-refractivity contribution in [1.29, 1.82) is 0 Å². The second kappa shape index (κ2) is 12.0. The fraction of sp³-hybridized carbons (Fsp3) is 0. The number of fused-ring (bicyclic) bond motifs is 5. The Balaban J connectivity index is 1.24. The molecule has 0 fully saturated rings. The maximum atomic E-state index is 2.40. The predicted molar refractivity (Wildman–Crippen MR) is 218 cm³/mol. The Morgan fingerprint density at radius 2 is 0.706 bits per heavy atom. The van der Waals surface area contributed by atoms with Crippen molar-refractivity contribution in [2.45, 2.75) is 0 Å². The minimum Gasteiger partial charge on any atom is -0.309 e. The molecule has 51 heavy (non-hydrogen) atoms. The van der Waals surface area contributed by atoms with Crippen LogP contribution in [0.1, 0.15) is 0 Å². The predicted octanol–water partition coefficient (Wildman–Crippen LogP) is 13.8. The largest absolute Gasteiger partial charge is 0.309 e. The first-order valence-electron chi connectivity index (χ1n) is 17.6. The van der Waals surface area contributed by atoms with E-state index in [4.69, 9.17) is 0 Å². The van der Waals surface area contributed by atoms with Crippen LogP contribution in [0.2, 0.25) is 0 Å². The molecule has 0 aliphatic carbocycles. The zero-order valence-corrected chi connectivity index (χ0v) is 28.0. The number of hydrogen-bond donors (Lipinski definition) is 0. The fourth-order valence-electron chi connectivity index (χ4n) is 8.22. The van der Waals surface area contributed by atoms with Crippen molar-refractivity contribution in [1.82, 2.24) is 4.57 Å². The highest BCUT2D eigenvalue weighted by molar-refractivity contribution is 6.24. The summed E-state index contributed by atoms with van der Waals surface area (Å²) in [6.07, 6.45) is 0. The average Bonchev–Trinajstić information content (AvgIpc) is 3.55. The molecule has 0 amide bonds. The summed E-state index contributed by atoms with van der Waals surface area (Å²) in [6.45, 7) is 0. The Labute approximate surface area is 297 Å². The van der Waals surface area contributed by atoms with Crippen LogP contribution in [0, 0.1) is 0 Å². The first-order valence-corrected chi connectivity index (χ1v) is 17.6. The summed E-state index contributed by atoms with van der Waals surface area (Å²) in [6, 6.07) is 72.9. The quantitative estimate of drug-likeness (QED) is 0.164. The molecule has 10 aromatic rings. The third-order valence-electron chi connectivity index (χ3n) is 10.4. The zero-order chi connectivity index (χ0) is 33.7. The average molecular weight is 648 g/mol. The summed E-state index contributed by atoms with van der Waals surface area (Å²) in [4.78, 5) is 0. The summed E-state index contributed by atoms with van der Waals surface area (Å²) >= 11 is 0. The molecule has 0 spiro atoms. The van der Waals surface area contributed by atoms with Crippen LogP contribution >= 0.6 is 0 Å². The molecular formula is C50H33N. The van der Waals surface area contributed by atoms with Crippen LogP contribution < -0.4 is 0 Å². The summed E-state index contributed by atoms with van der Waals surface area (Å²) in [5.74, 6) is 0. The van der Waals surface area contributed by atoms with Crippen LogP contribution in [-0.4, -0.2) is 4.57 Å². The van der Waals surface area contributed by atoms with Gasteiger partial charge in [-0.1, -0.05) is 176 Å². The minimum absolute atomic E-state index is 1.17. The van der Waals surface area contributed by atoms with Crippen molar-refractivity contribution in [3.63, 3.8) is 0 Å². The van der Waals surface area contributed by atoms with Crippen LogP contribution in [0.25, 0.3) is 93.5 Å². The van der Waals surface area contributed by atoms with Gasteiger partial charge in [0.25, 0.3) is 0 Å². The molecule has 0 bridgehead atoms. The van der Waals surface area contributed by atoms with Crippen LogP contribution in [0.4, 0.5) is 0 Å². The molecule has 0 aliphatic heterocycles. The zero-order valence-electron chi connectivity index (χ0n) is 28.0. The lowest BCUT2D eigenvalue weighted by Crippen LogP contribution is -1.94. The van der Waals surface area contributed by atoms with Crippen molar-refractivity contribution in [3.05, 3.63) is 200 Å². The number of para-hydroxylation sites is 2. The summed E-state index contributed by atoms with van der Waals surface area (Å²) in [7, 11) is 0. The van der Waals surface area contributed by atoms with E-state index < -0.39 is 0 Å². The Bertz CT molecular complexity index is 2820. The van der Waals surface area contributed by atoms with Gasteiger partial charge in [0.05, 0.1) is 11.0 Å². The van der Waals surface area contributed by atoms with Gasteiger partial charge in [0.1, 0.15) is 0 Å². The van der Waals surface area contributed by atoms with Gasteiger partial charge >= 0.3 is 0 Å². The Morgan fingerprint density at radius 3 is 1.37 bits per heavy atom. The second-order valence-corrected chi connectivity index (χ2v) is 13.2. The lowest BCUT2D eigenvalue weighted by Gasteiger charge is -2.20. The van der Waals surface area contributed by atoms with E-state index in [-0.39, 0.29) is 0 Å². The first kappa shape index (κ1) is 29.2. The number of hydrogen-bond acceptors (Lipinski definition) is 0. The lowest BCUT2D eigenvalue weighted by molar-refractivity contribution is 1.18. The molecule has 10 rings (SSSR count). The Morgan fingerprint density at radius 1 is 0.255 bits per heavy atom. The lowest BCUT2D eigenvalue weighted by atomic mass is 9.83. The number of benzene rings is 9. The second-order valence-electron chi connectivity index (χ2n) is 13.2. The van der Waals surface area contributed by atoms with Gasteiger partial charge in [0, 0.05) is 16.5 Å². The van der Waals surface area contributed by atoms with Gasteiger partial charge in [-0.15, -0.1) is 0 Å². The summed E-state index contributed by atoms with van der Waals surface area (Å²) in [5.41, 5.74) is 13.5. The molecule has 0 radical (unpaired) electrons. The van der Waals surface area contributed by atoms with E-state index in [2.05, 4.69) is 205 Å². The molecule has 0 atom stereocenters. The van der Waals surface area contributed by atoms with E-state index in [9.17, 15) is 0 Å². The van der Waals surface area contributed by atoms with Crippen molar-refractivity contribution in [3.8, 4) is 50.2 Å². The molecule has 0 saturated heterocycles. The van der Waals surface area contributed by atoms with E-state index in [1.807, 2.05) is 0 Å². The van der Waals surface area contributed by atoms with Gasteiger partial charge < -0.3 is 4.57 Å². The minimum atomic E-state index is 1.17. The molecule has 1 nitrogen and oxygen atoms in total. The molecule has 1 aromatic heterocycles. The van der Waals surface area contributed by atoms with Crippen LogP contribution in [-0.2, 0) is 0 Å². The molecule has 1 heterocycles. The van der Waals surface area contributed by atoms with Gasteiger partial charge in [0.2, 0.25) is 0 Å². The standard InChI is InChI=1S/C50H33N/c1-3-16-34(17-4-1)35-30-32-36(33-31-35)48-41-22-9-11-24-43(41)49(44-25-12-10-23-42(44)48)39-21-8-7-20-38(39)40-27-15-29-47-50(40)45-26-13-14-28-46(45)51(47)37-18-5-2-6-19-37/h1-33H. The van der Waals surface area contributed by atoms with E-state index >= 15 is 0 Å². The monoisotopic (exact) mass is 647 g/mol. The van der Waals surface area contributed by atoms with Crippen LogP contribution in [0.5, 0.6) is 0 Å². The molecule has 1 heteroatoms. The van der Waals surface area contributed by atoms with Crippen molar-refractivity contribution in [2.75, 3.05) is 0 Å². The van der Waals surface area contributed by atoms with Gasteiger partial charge in [-0.25, -0.2) is 0 Å². The first-order chi connectivity index (χ1) is 25.3. The highest BCUT2D eigenvalue weighted by Gasteiger charge is 2.21. The van der Waals surface area contributed by atoms with E-state index in [0.717, 1.165) is 0 Å². The maximum Gasteiger partial charge on any atom is 0.0547 e. The van der Waals surface area contributed by atoms with Crippen LogP contribution in [0.15, 0.2) is 200 Å². The Hall–Kier alpha value is -6.70. The van der Waals surface area contributed by atoms with Crippen molar-refractivity contribution >= 4 is 43.4 Å². The van der Waals surface area contributed by atoms with E-state index in [0.29, 0.717) is 0 Å². The number of aromatic nitrogens is 1. The highest BCUT2D eigenvalue weighted by Crippen LogP contribution is 2.48. The van der Waals surface area contributed by atoms with Gasteiger partial charge in [-0.3, -0.25) is 0 Å². The van der Waals surface area contributed by atoms with Gasteiger partial charge in [-0.05, 0) is 90.3 Å². The topological polar surface area (TPSA) is 4.93 Å². The molecular weight excluding hydrogens is 615 g/mol. The molecule has 9 aromatic carbocycles.